The number of hydrogen-bond acceptors (Lipinski definition) is 3. The van der Waals surface area contributed by atoms with E-state index in [1.54, 1.807) is 6.92 Å². The average molecular weight is 228 g/mol. The SMILES string of the molecule is CCO.ClC(Cl)Cl.OCCO. The van der Waals surface area contributed by atoms with Crippen molar-refractivity contribution in [3.05, 3.63) is 0 Å². The molecule has 0 aromatic carbocycles. The maximum Gasteiger partial charge on any atom is 0.180 e. The molecule has 0 bridgehead atoms. The topological polar surface area (TPSA) is 60.7 Å². The highest BCUT2D eigenvalue weighted by molar-refractivity contribution is 6.63. The molecule has 11 heavy (non-hydrogen) atoms. The summed E-state index contributed by atoms with van der Waals surface area (Å²) in [6, 6.07) is 0. The second kappa shape index (κ2) is 22.4. The third kappa shape index (κ3) is 269. The Kier molecular flexibility index (Phi) is 36.2. The molecule has 3 N–H and O–H groups in total. The fourth-order valence-electron chi connectivity index (χ4n) is 0. The van der Waals surface area contributed by atoms with Gasteiger partial charge in [-0.05, 0) is 6.92 Å². The molecular formula is C5H13Cl3O3. The van der Waals surface area contributed by atoms with Gasteiger partial charge in [-0.25, -0.2) is 0 Å². The van der Waals surface area contributed by atoms with E-state index in [0.29, 0.717) is 0 Å². The first kappa shape index (κ1) is 17.7. The van der Waals surface area contributed by atoms with Crippen LogP contribution in [0, 0.1) is 0 Å². The fourth-order valence-corrected chi connectivity index (χ4v) is 0. The van der Waals surface area contributed by atoms with Crippen LogP contribution in [0.15, 0.2) is 0 Å². The Hall–Kier alpha value is 0.750. The minimum absolute atomic E-state index is 0.125. The summed E-state index contributed by atoms with van der Waals surface area (Å²) < 4.78 is -0.750. The molecule has 0 atom stereocenters. The molecule has 0 saturated carbocycles. The lowest BCUT2D eigenvalue weighted by atomic mass is 10.8. The van der Waals surface area contributed by atoms with E-state index in [2.05, 4.69) is 0 Å². The molecule has 0 aliphatic carbocycles. The second-order valence-electron chi connectivity index (χ2n) is 1.01. The van der Waals surface area contributed by atoms with Gasteiger partial charge < -0.3 is 15.3 Å². The summed E-state index contributed by atoms with van der Waals surface area (Å²) in [4.78, 5) is 0. The van der Waals surface area contributed by atoms with Crippen LogP contribution in [0.4, 0.5) is 0 Å². The number of aliphatic hydroxyl groups is 3. The van der Waals surface area contributed by atoms with Crippen LogP contribution < -0.4 is 0 Å². The fraction of sp³-hybridized carbons (Fsp3) is 1.00. The third-order valence-electron chi connectivity index (χ3n) is 0.1000. The number of aliphatic hydroxyl groups excluding tert-OH is 3. The summed E-state index contributed by atoms with van der Waals surface area (Å²) in [6.07, 6.45) is 0. The Morgan fingerprint density at radius 3 is 1.09 bits per heavy atom. The van der Waals surface area contributed by atoms with E-state index in [9.17, 15) is 0 Å². The first-order chi connectivity index (χ1) is 5.06. The van der Waals surface area contributed by atoms with Gasteiger partial charge in [0.1, 0.15) is 0 Å². The van der Waals surface area contributed by atoms with E-state index in [-0.39, 0.29) is 19.8 Å². The van der Waals surface area contributed by atoms with Crippen LogP contribution >= 0.6 is 34.8 Å². The summed E-state index contributed by atoms with van der Waals surface area (Å²) in [5, 5.41) is 22.8. The molecule has 0 aliphatic rings. The molecule has 0 radical (unpaired) electrons. The van der Waals surface area contributed by atoms with Crippen LogP contribution in [0.25, 0.3) is 0 Å². The summed E-state index contributed by atoms with van der Waals surface area (Å²) in [7, 11) is 0. The summed E-state index contributed by atoms with van der Waals surface area (Å²) in [5.74, 6) is 0. The Morgan fingerprint density at radius 1 is 1.00 bits per heavy atom. The Morgan fingerprint density at radius 2 is 1.09 bits per heavy atom. The molecule has 3 nitrogen and oxygen atoms in total. The first-order valence-corrected chi connectivity index (χ1v) is 4.12. The minimum Gasteiger partial charge on any atom is -0.397 e. The van der Waals surface area contributed by atoms with Gasteiger partial charge in [0.15, 0.2) is 4.30 Å². The van der Waals surface area contributed by atoms with Crippen molar-refractivity contribution >= 4 is 34.8 Å². The second-order valence-corrected chi connectivity index (χ2v) is 2.99. The number of alkyl halides is 3. The van der Waals surface area contributed by atoms with Crippen LogP contribution in [0.2, 0.25) is 0 Å². The van der Waals surface area contributed by atoms with Crippen molar-refractivity contribution in [3.63, 3.8) is 0 Å². The van der Waals surface area contributed by atoms with E-state index in [4.69, 9.17) is 50.1 Å². The molecule has 0 heterocycles. The largest absolute Gasteiger partial charge is 0.397 e. The van der Waals surface area contributed by atoms with Gasteiger partial charge >= 0.3 is 0 Å². The van der Waals surface area contributed by atoms with Gasteiger partial charge in [0.25, 0.3) is 0 Å². The van der Waals surface area contributed by atoms with Crippen LogP contribution in [-0.4, -0.2) is 39.4 Å². The molecule has 0 saturated heterocycles. The normalized spacial score (nSPS) is 7.64. The van der Waals surface area contributed by atoms with Gasteiger partial charge in [-0.1, -0.05) is 34.8 Å². The Balaban J connectivity index is -0.0000000886. The van der Waals surface area contributed by atoms with Gasteiger partial charge in [-0.2, -0.15) is 0 Å². The van der Waals surface area contributed by atoms with Gasteiger partial charge in [-0.3, -0.25) is 0 Å². The zero-order chi connectivity index (χ0) is 9.70. The first-order valence-electron chi connectivity index (χ1n) is 2.81. The van der Waals surface area contributed by atoms with E-state index in [1.165, 1.54) is 0 Å². The Labute approximate surface area is 81.5 Å². The van der Waals surface area contributed by atoms with E-state index in [0.717, 1.165) is 0 Å². The number of halogens is 3. The molecule has 0 unspecified atom stereocenters. The van der Waals surface area contributed by atoms with Crippen molar-refractivity contribution in [2.24, 2.45) is 0 Å². The quantitative estimate of drug-likeness (QED) is 0.585. The summed E-state index contributed by atoms with van der Waals surface area (Å²) >= 11 is 14.4. The maximum atomic E-state index is 7.62. The minimum atomic E-state index is -0.750. The van der Waals surface area contributed by atoms with Gasteiger partial charge in [0, 0.05) is 6.61 Å². The monoisotopic (exact) mass is 226 g/mol. The van der Waals surface area contributed by atoms with Crippen LogP contribution in [-0.2, 0) is 0 Å². The van der Waals surface area contributed by atoms with Gasteiger partial charge in [0.2, 0.25) is 0 Å². The molecule has 0 aromatic heterocycles. The van der Waals surface area contributed by atoms with E-state index in [1.807, 2.05) is 0 Å². The molecule has 6 heteroatoms. The van der Waals surface area contributed by atoms with Crippen molar-refractivity contribution in [2.75, 3.05) is 19.8 Å². The molecule has 0 rings (SSSR count). The van der Waals surface area contributed by atoms with Crippen molar-refractivity contribution in [3.8, 4) is 0 Å². The lowest BCUT2D eigenvalue weighted by molar-refractivity contribution is 0.186. The Bertz CT molecular complexity index is 41.2. The van der Waals surface area contributed by atoms with Crippen molar-refractivity contribution in [1.29, 1.82) is 0 Å². The molecule has 0 fully saturated rings. The van der Waals surface area contributed by atoms with E-state index < -0.39 is 4.30 Å². The van der Waals surface area contributed by atoms with Crippen molar-refractivity contribution in [2.45, 2.75) is 11.2 Å². The molecular weight excluding hydrogens is 214 g/mol. The number of hydrogen-bond donors (Lipinski definition) is 3. The van der Waals surface area contributed by atoms with Gasteiger partial charge in [-0.15, -0.1) is 0 Å². The molecule has 0 aliphatic heterocycles. The summed E-state index contributed by atoms with van der Waals surface area (Å²) in [5.41, 5.74) is 0. The van der Waals surface area contributed by atoms with Crippen molar-refractivity contribution in [1.82, 2.24) is 0 Å². The van der Waals surface area contributed by atoms with Crippen LogP contribution in [0.5, 0.6) is 0 Å². The molecule has 72 valence electrons. The third-order valence-corrected chi connectivity index (χ3v) is 0.1000. The predicted octanol–water partition coefficient (Wildman–Crippen LogP) is 0.956. The lowest BCUT2D eigenvalue weighted by Gasteiger charge is -1.70. The highest BCUT2D eigenvalue weighted by Crippen LogP contribution is 2.03. The molecule has 0 aromatic rings. The maximum absolute atomic E-state index is 7.62. The zero-order valence-corrected chi connectivity index (χ0v) is 8.44. The van der Waals surface area contributed by atoms with E-state index >= 15 is 0 Å². The average Bonchev–Trinajstić information content (AvgIpc) is 1.88. The smallest absolute Gasteiger partial charge is 0.180 e. The lowest BCUT2D eigenvalue weighted by Crippen LogP contribution is -1.85. The zero-order valence-electron chi connectivity index (χ0n) is 6.17. The molecule has 0 amide bonds. The molecule has 0 spiro atoms. The van der Waals surface area contributed by atoms with Gasteiger partial charge in [0.05, 0.1) is 13.2 Å². The van der Waals surface area contributed by atoms with Crippen molar-refractivity contribution < 1.29 is 15.3 Å². The summed E-state index contributed by atoms with van der Waals surface area (Å²) in [6.45, 7) is 1.68. The van der Waals surface area contributed by atoms with Crippen LogP contribution in [0.3, 0.4) is 0 Å². The predicted molar refractivity (Wildman–Crippen MR) is 48.3 cm³/mol. The van der Waals surface area contributed by atoms with Crippen LogP contribution in [0.1, 0.15) is 6.92 Å². The highest BCUT2D eigenvalue weighted by Gasteiger charge is 1.78. The standard InChI is InChI=1S/C2H6O2.C2H6O.CHCl3/c3-1-2-4;1-2-3;2-1(3)4/h3-4H,1-2H2;3H,2H2,1H3;1H. The number of rotatable bonds is 1. The highest BCUT2D eigenvalue weighted by atomic mass is 35.6.